The normalized spacial score (nSPS) is 15.0. The van der Waals surface area contributed by atoms with Gasteiger partial charge in [-0.25, -0.2) is 4.98 Å². The van der Waals surface area contributed by atoms with E-state index in [4.69, 9.17) is 14.5 Å². The Balaban J connectivity index is 0.931. The second-order valence-corrected chi connectivity index (χ2v) is 12.2. The lowest BCUT2D eigenvalue weighted by atomic mass is 10.1. The molecule has 0 atom stereocenters. The first-order valence-electron chi connectivity index (χ1n) is 14.8. The zero-order chi connectivity index (χ0) is 29.2. The molecule has 0 saturated carbocycles. The van der Waals surface area contributed by atoms with Crippen LogP contribution in [0.2, 0.25) is 0 Å². The third-order valence-corrected chi connectivity index (χ3v) is 9.20. The van der Waals surface area contributed by atoms with Gasteiger partial charge in [-0.15, -0.1) is 10.2 Å². The third-order valence-electron chi connectivity index (χ3n) is 8.28. The van der Waals surface area contributed by atoms with Crippen LogP contribution in [0.15, 0.2) is 71.9 Å². The molecule has 220 valence electrons. The molecule has 2 aliphatic heterocycles. The van der Waals surface area contributed by atoms with E-state index in [9.17, 15) is 4.79 Å². The second-order valence-electron chi connectivity index (χ2n) is 11.1. The zero-order valence-electron chi connectivity index (χ0n) is 24.2. The van der Waals surface area contributed by atoms with Gasteiger partial charge in [0.05, 0.1) is 5.52 Å². The predicted octanol–water partition coefficient (Wildman–Crippen LogP) is 5.28. The molecule has 43 heavy (non-hydrogen) atoms. The Morgan fingerprint density at radius 2 is 1.72 bits per heavy atom. The van der Waals surface area contributed by atoms with Gasteiger partial charge in [-0.1, -0.05) is 60.3 Å². The van der Waals surface area contributed by atoms with Crippen molar-refractivity contribution < 1.29 is 14.3 Å². The first-order valence-corrected chi connectivity index (χ1v) is 15.8. The topological polar surface area (TPSA) is 85.6 Å². The molecule has 4 heterocycles. The van der Waals surface area contributed by atoms with Gasteiger partial charge in [-0.2, -0.15) is 0 Å². The number of thioether (sulfide) groups is 1. The summed E-state index contributed by atoms with van der Waals surface area (Å²) in [6.45, 7) is 7.24. The largest absolute Gasteiger partial charge is 0.454 e. The van der Waals surface area contributed by atoms with E-state index in [0.29, 0.717) is 11.6 Å². The molecule has 2 aromatic heterocycles. The summed E-state index contributed by atoms with van der Waals surface area (Å²) in [6, 6.07) is 22.8. The van der Waals surface area contributed by atoms with Crippen LogP contribution in [0.5, 0.6) is 11.5 Å². The van der Waals surface area contributed by atoms with E-state index < -0.39 is 0 Å². The Bertz CT molecular complexity index is 1780. The molecule has 1 saturated heterocycles. The van der Waals surface area contributed by atoms with E-state index in [-0.39, 0.29) is 12.7 Å². The highest BCUT2D eigenvalue weighted by atomic mass is 32.2. The summed E-state index contributed by atoms with van der Waals surface area (Å²) in [4.78, 5) is 22.3. The Morgan fingerprint density at radius 1 is 0.907 bits per heavy atom. The Labute approximate surface area is 254 Å². The van der Waals surface area contributed by atoms with E-state index in [1.54, 1.807) is 11.8 Å². The molecule has 3 aromatic carbocycles. The van der Waals surface area contributed by atoms with E-state index in [1.807, 2.05) is 17.0 Å². The maximum absolute atomic E-state index is 12.9. The summed E-state index contributed by atoms with van der Waals surface area (Å²) >= 11 is 1.57. The molecule has 9 nitrogen and oxygen atoms in total. The van der Waals surface area contributed by atoms with Crippen LogP contribution in [-0.4, -0.2) is 74.2 Å². The molecule has 2 aliphatic rings. The second kappa shape index (κ2) is 12.2. The molecule has 5 aromatic rings. The minimum Gasteiger partial charge on any atom is -0.454 e. The van der Waals surface area contributed by atoms with Gasteiger partial charge in [-0.3, -0.25) is 9.69 Å². The van der Waals surface area contributed by atoms with Crippen LogP contribution >= 0.6 is 11.8 Å². The lowest BCUT2D eigenvalue weighted by Gasteiger charge is -2.34. The molecule has 0 bridgehead atoms. The van der Waals surface area contributed by atoms with Gasteiger partial charge in [0.15, 0.2) is 17.1 Å². The number of amides is 1. The first-order chi connectivity index (χ1) is 21.1. The van der Waals surface area contributed by atoms with Crippen LogP contribution in [0.25, 0.3) is 22.1 Å². The van der Waals surface area contributed by atoms with Crippen LogP contribution in [0, 0.1) is 6.92 Å². The van der Waals surface area contributed by atoms with Crippen molar-refractivity contribution in [1.29, 1.82) is 0 Å². The lowest BCUT2D eigenvalue weighted by molar-refractivity contribution is -0.133. The fourth-order valence-corrected chi connectivity index (χ4v) is 6.59. The fraction of sp³-hybridized carbons (Fsp3) is 0.333. The highest BCUT2D eigenvalue weighted by Gasteiger charge is 2.22. The maximum atomic E-state index is 12.9. The molecule has 0 N–H and O–H groups in total. The molecule has 1 amide bonds. The number of rotatable bonds is 9. The number of para-hydroxylation sites is 1. The number of aryl methyl sites for hydroxylation is 1. The Kier molecular flexibility index (Phi) is 7.86. The van der Waals surface area contributed by atoms with Crippen LogP contribution in [0.4, 0.5) is 0 Å². The average molecular weight is 595 g/mol. The molecule has 10 heteroatoms. The van der Waals surface area contributed by atoms with Crippen LogP contribution in [0.1, 0.15) is 29.5 Å². The summed E-state index contributed by atoms with van der Waals surface area (Å²) in [5.74, 6) is 2.61. The van der Waals surface area contributed by atoms with Gasteiger partial charge in [-0.05, 0) is 48.2 Å². The summed E-state index contributed by atoms with van der Waals surface area (Å²) in [5.41, 5.74) is 6.47. The molecule has 0 spiro atoms. The van der Waals surface area contributed by atoms with Gasteiger partial charge in [0.2, 0.25) is 17.9 Å². The minimum absolute atomic E-state index is 0.219. The van der Waals surface area contributed by atoms with E-state index in [0.717, 1.165) is 85.0 Å². The standard InChI is InChI=1S/C33H34N6O3S/c1-23-7-2-3-8-25(23)21-39-27-10-5-4-9-26(27)31-32(39)34-33(36-35-31)43-18-6-11-30(40)38-16-14-37(15-17-38)20-24-12-13-28-29(19-24)42-22-41-28/h2-5,7-10,12-13,19H,6,11,14-18,20-22H2,1H3. The summed E-state index contributed by atoms with van der Waals surface area (Å²) in [7, 11) is 0. The van der Waals surface area contributed by atoms with Crippen molar-refractivity contribution in [3.8, 4) is 11.5 Å². The number of nitrogens with zero attached hydrogens (tertiary/aromatic N) is 6. The monoisotopic (exact) mass is 594 g/mol. The van der Waals surface area contributed by atoms with Crippen LogP contribution < -0.4 is 9.47 Å². The lowest BCUT2D eigenvalue weighted by Crippen LogP contribution is -2.48. The highest BCUT2D eigenvalue weighted by Crippen LogP contribution is 2.33. The maximum Gasteiger partial charge on any atom is 0.231 e. The quantitative estimate of drug-likeness (QED) is 0.168. The number of carbonyl (C=O) groups excluding carboxylic acids is 1. The number of carbonyl (C=O) groups is 1. The van der Waals surface area contributed by atoms with Crippen molar-refractivity contribution in [3.63, 3.8) is 0 Å². The van der Waals surface area contributed by atoms with E-state index >= 15 is 0 Å². The first kappa shape index (κ1) is 27.7. The third kappa shape index (κ3) is 5.89. The van der Waals surface area contributed by atoms with E-state index in [2.05, 4.69) is 81.2 Å². The smallest absolute Gasteiger partial charge is 0.231 e. The number of piperazine rings is 1. The predicted molar refractivity (Wildman–Crippen MR) is 167 cm³/mol. The SMILES string of the molecule is Cc1ccccc1Cn1c2ccccc2c2nnc(SCCCC(=O)N3CCN(Cc4ccc5c(c4)OCO5)CC3)nc21. The van der Waals surface area contributed by atoms with Crippen LogP contribution in [-0.2, 0) is 17.9 Å². The number of aromatic nitrogens is 4. The summed E-state index contributed by atoms with van der Waals surface area (Å²) < 4.78 is 13.2. The van der Waals surface area contributed by atoms with Gasteiger partial charge in [0.1, 0.15) is 5.52 Å². The van der Waals surface area contributed by atoms with Gasteiger partial charge < -0.3 is 18.9 Å². The van der Waals surface area contributed by atoms with Crippen LogP contribution in [0.3, 0.4) is 0 Å². The van der Waals surface area contributed by atoms with Gasteiger partial charge in [0.25, 0.3) is 0 Å². The van der Waals surface area contributed by atoms with Crippen molar-refractivity contribution in [2.75, 3.05) is 38.7 Å². The van der Waals surface area contributed by atoms with E-state index in [1.165, 1.54) is 16.7 Å². The van der Waals surface area contributed by atoms with Crippen molar-refractivity contribution in [3.05, 3.63) is 83.4 Å². The van der Waals surface area contributed by atoms with Gasteiger partial charge >= 0.3 is 0 Å². The van der Waals surface area contributed by atoms with Crippen molar-refractivity contribution >= 4 is 39.7 Å². The highest BCUT2D eigenvalue weighted by molar-refractivity contribution is 7.99. The van der Waals surface area contributed by atoms with Gasteiger partial charge in [0, 0.05) is 56.8 Å². The molecule has 0 unspecified atom stereocenters. The average Bonchev–Trinajstić information content (AvgIpc) is 3.63. The number of benzene rings is 3. The Morgan fingerprint density at radius 3 is 2.60 bits per heavy atom. The summed E-state index contributed by atoms with van der Waals surface area (Å²) in [6.07, 6.45) is 1.30. The number of hydrogen-bond acceptors (Lipinski definition) is 8. The molecular formula is C33H34N6O3S. The van der Waals surface area contributed by atoms with Crippen molar-refractivity contribution in [2.45, 2.75) is 38.0 Å². The number of hydrogen-bond donors (Lipinski definition) is 0. The Hall–Kier alpha value is -4.15. The molecule has 7 rings (SSSR count). The summed E-state index contributed by atoms with van der Waals surface area (Å²) in [5, 5.41) is 10.7. The molecular weight excluding hydrogens is 560 g/mol. The molecule has 1 fully saturated rings. The zero-order valence-corrected chi connectivity index (χ0v) is 25.1. The minimum atomic E-state index is 0.219. The fourth-order valence-electron chi connectivity index (χ4n) is 5.87. The molecule has 0 radical (unpaired) electrons. The molecule has 0 aliphatic carbocycles. The number of fused-ring (bicyclic) bond motifs is 4. The van der Waals surface area contributed by atoms with Crippen molar-refractivity contribution in [1.82, 2.24) is 29.5 Å². The van der Waals surface area contributed by atoms with Crippen molar-refractivity contribution in [2.24, 2.45) is 0 Å². The number of ether oxygens (including phenoxy) is 2.